The number of para-hydroxylation sites is 1. The second kappa shape index (κ2) is 4.04. The van der Waals surface area contributed by atoms with Crippen LogP contribution in [0.25, 0.3) is 0 Å². The highest BCUT2D eigenvalue weighted by Gasteiger charge is 2.21. The molecule has 0 saturated carbocycles. The minimum Gasteiger partial charge on any atom is -0.453 e. The van der Waals surface area contributed by atoms with Crippen LogP contribution in [0.5, 0.6) is 0 Å². The van der Waals surface area contributed by atoms with E-state index in [1.807, 2.05) is 37.3 Å². The molecule has 2 rings (SSSR count). The van der Waals surface area contributed by atoms with Crippen LogP contribution in [-0.2, 0) is 9.53 Å². The van der Waals surface area contributed by atoms with Crippen molar-refractivity contribution in [3.63, 3.8) is 0 Å². The molecule has 1 atom stereocenters. The Bertz CT molecular complexity index is 387. The summed E-state index contributed by atoms with van der Waals surface area (Å²) < 4.78 is 4.93. The fraction of sp³-hybridized carbons (Fsp3) is 0.182. The van der Waals surface area contributed by atoms with E-state index >= 15 is 0 Å². The van der Waals surface area contributed by atoms with Gasteiger partial charge >= 0.3 is 5.97 Å². The third kappa shape index (κ3) is 2.28. The second-order valence-corrected chi connectivity index (χ2v) is 3.29. The fourth-order valence-electron chi connectivity index (χ4n) is 1.32. The number of nitrogens with one attached hydrogen (secondary N) is 2. The molecule has 15 heavy (non-hydrogen) atoms. The van der Waals surface area contributed by atoms with Crippen molar-refractivity contribution < 1.29 is 9.53 Å². The van der Waals surface area contributed by atoms with Gasteiger partial charge in [-0.3, -0.25) is 0 Å². The number of rotatable bonds is 3. The van der Waals surface area contributed by atoms with Gasteiger partial charge in [0.05, 0.1) is 11.4 Å². The zero-order chi connectivity index (χ0) is 10.7. The predicted molar refractivity (Wildman–Crippen MR) is 56.8 cm³/mol. The molecular formula is C11H12N2O2. The van der Waals surface area contributed by atoms with Crippen molar-refractivity contribution in [2.45, 2.75) is 13.0 Å². The normalized spacial score (nSPS) is 19.4. The molecule has 0 amide bonds. The topological polar surface area (TPSA) is 50.4 Å². The van der Waals surface area contributed by atoms with Crippen LogP contribution in [0.3, 0.4) is 0 Å². The predicted octanol–water partition coefficient (Wildman–Crippen LogP) is 1.43. The number of cyclic esters (lactones) is 1. The van der Waals surface area contributed by atoms with Gasteiger partial charge in [0.25, 0.3) is 0 Å². The Morgan fingerprint density at radius 3 is 2.53 bits per heavy atom. The van der Waals surface area contributed by atoms with E-state index in [0.717, 1.165) is 11.4 Å². The van der Waals surface area contributed by atoms with Gasteiger partial charge in [0.15, 0.2) is 0 Å². The Kier molecular flexibility index (Phi) is 2.58. The van der Waals surface area contributed by atoms with Gasteiger partial charge in [-0.25, -0.2) is 4.79 Å². The van der Waals surface area contributed by atoms with Gasteiger partial charge < -0.3 is 15.6 Å². The number of benzene rings is 1. The van der Waals surface area contributed by atoms with Crippen LogP contribution in [-0.4, -0.2) is 12.1 Å². The third-order valence-corrected chi connectivity index (χ3v) is 2.13. The molecular weight excluding hydrogens is 192 g/mol. The molecule has 1 aromatic carbocycles. The second-order valence-electron chi connectivity index (χ2n) is 3.29. The minimum absolute atomic E-state index is 0.214. The lowest BCUT2D eigenvalue weighted by Gasteiger charge is -2.13. The van der Waals surface area contributed by atoms with Gasteiger partial charge in [0, 0.05) is 6.08 Å². The number of esters is 1. The molecule has 0 radical (unpaired) electrons. The quantitative estimate of drug-likeness (QED) is 0.577. The highest BCUT2D eigenvalue weighted by atomic mass is 16.5. The Balaban J connectivity index is 1.94. The van der Waals surface area contributed by atoms with Crippen molar-refractivity contribution >= 4 is 11.7 Å². The molecule has 1 aliphatic rings. The first-order valence-electron chi connectivity index (χ1n) is 4.75. The molecule has 1 unspecified atom stereocenters. The zero-order valence-electron chi connectivity index (χ0n) is 8.36. The maximum Gasteiger partial charge on any atom is 0.333 e. The van der Waals surface area contributed by atoms with Crippen molar-refractivity contribution in [2.24, 2.45) is 0 Å². The summed E-state index contributed by atoms with van der Waals surface area (Å²) in [5, 5.41) is 0. The van der Waals surface area contributed by atoms with Gasteiger partial charge in [0.1, 0.15) is 6.10 Å². The Hall–Kier alpha value is -1.97. The monoisotopic (exact) mass is 204 g/mol. The van der Waals surface area contributed by atoms with E-state index in [1.54, 1.807) is 0 Å². The average molecular weight is 204 g/mol. The molecule has 0 spiro atoms. The van der Waals surface area contributed by atoms with Crippen LogP contribution >= 0.6 is 0 Å². The zero-order valence-corrected chi connectivity index (χ0v) is 8.36. The number of hydrogen-bond acceptors (Lipinski definition) is 4. The van der Waals surface area contributed by atoms with Crippen LogP contribution in [0, 0.1) is 0 Å². The first kappa shape index (κ1) is 9.58. The first-order valence-corrected chi connectivity index (χ1v) is 4.75. The number of anilines is 1. The number of carbonyl (C=O) groups is 1. The average Bonchev–Trinajstić information content (AvgIpc) is 2.56. The lowest BCUT2D eigenvalue weighted by Crippen LogP contribution is -2.25. The molecule has 0 fully saturated rings. The van der Waals surface area contributed by atoms with Crippen molar-refractivity contribution in [3.8, 4) is 0 Å². The molecule has 4 heteroatoms. The third-order valence-electron chi connectivity index (χ3n) is 2.13. The van der Waals surface area contributed by atoms with Crippen LogP contribution in [0.2, 0.25) is 0 Å². The first-order chi connectivity index (χ1) is 7.25. The molecule has 0 aliphatic carbocycles. The lowest BCUT2D eigenvalue weighted by molar-refractivity contribution is -0.138. The number of ether oxygens (including phenoxy) is 1. The lowest BCUT2D eigenvalue weighted by atomic mass is 10.3. The number of carbonyl (C=O) groups excluding carboxylic acids is 1. The molecule has 0 saturated heterocycles. The van der Waals surface area contributed by atoms with Gasteiger partial charge in [-0.15, -0.1) is 0 Å². The molecule has 0 aromatic heterocycles. The van der Waals surface area contributed by atoms with Gasteiger partial charge in [-0.1, -0.05) is 18.2 Å². The van der Waals surface area contributed by atoms with E-state index in [9.17, 15) is 4.79 Å². The minimum atomic E-state index is -0.306. The smallest absolute Gasteiger partial charge is 0.333 e. The highest BCUT2D eigenvalue weighted by molar-refractivity contribution is 5.85. The van der Waals surface area contributed by atoms with Crippen LogP contribution in [0.1, 0.15) is 6.92 Å². The molecule has 1 heterocycles. The number of hydrazine groups is 1. The maximum absolute atomic E-state index is 10.9. The molecule has 4 nitrogen and oxygen atoms in total. The van der Waals surface area contributed by atoms with E-state index < -0.39 is 0 Å². The Morgan fingerprint density at radius 2 is 1.93 bits per heavy atom. The van der Waals surface area contributed by atoms with Crippen molar-refractivity contribution in [1.82, 2.24) is 5.43 Å². The van der Waals surface area contributed by atoms with Crippen molar-refractivity contribution in [3.05, 3.63) is 42.1 Å². The summed E-state index contributed by atoms with van der Waals surface area (Å²) in [6.07, 6.45) is 1.23. The summed E-state index contributed by atoms with van der Waals surface area (Å²) in [6.45, 7) is 1.82. The molecule has 2 N–H and O–H groups in total. The van der Waals surface area contributed by atoms with E-state index in [0.29, 0.717) is 0 Å². The Morgan fingerprint density at radius 1 is 1.20 bits per heavy atom. The van der Waals surface area contributed by atoms with Gasteiger partial charge in [0.2, 0.25) is 0 Å². The molecule has 78 valence electrons. The van der Waals surface area contributed by atoms with Crippen LogP contribution in [0.4, 0.5) is 5.69 Å². The van der Waals surface area contributed by atoms with Crippen molar-refractivity contribution in [1.29, 1.82) is 0 Å². The van der Waals surface area contributed by atoms with E-state index in [1.165, 1.54) is 6.08 Å². The molecule has 0 bridgehead atoms. The summed E-state index contributed by atoms with van der Waals surface area (Å²) >= 11 is 0. The van der Waals surface area contributed by atoms with Crippen LogP contribution < -0.4 is 10.9 Å². The Labute approximate surface area is 87.9 Å². The van der Waals surface area contributed by atoms with Crippen LogP contribution in [0.15, 0.2) is 42.1 Å². The van der Waals surface area contributed by atoms with E-state index in [2.05, 4.69) is 10.9 Å². The van der Waals surface area contributed by atoms with Crippen molar-refractivity contribution in [2.75, 3.05) is 5.43 Å². The van der Waals surface area contributed by atoms with E-state index in [-0.39, 0.29) is 12.1 Å². The summed E-state index contributed by atoms with van der Waals surface area (Å²) in [6, 6.07) is 9.65. The summed E-state index contributed by atoms with van der Waals surface area (Å²) in [5.41, 5.74) is 7.61. The highest BCUT2D eigenvalue weighted by Crippen LogP contribution is 2.12. The molecule has 1 aliphatic heterocycles. The van der Waals surface area contributed by atoms with Gasteiger partial charge in [-0.05, 0) is 19.1 Å². The number of hydrogen-bond donors (Lipinski definition) is 2. The van der Waals surface area contributed by atoms with E-state index in [4.69, 9.17) is 4.74 Å². The maximum atomic E-state index is 10.9. The van der Waals surface area contributed by atoms with Gasteiger partial charge in [-0.2, -0.15) is 0 Å². The fourth-order valence-corrected chi connectivity index (χ4v) is 1.32. The molecule has 1 aromatic rings. The standard InChI is InChI=1S/C11H12N2O2/c1-8-10(7-11(14)15-8)13-12-9-5-3-2-4-6-9/h2-8,12-13H,1H3. The summed E-state index contributed by atoms with van der Waals surface area (Å²) in [4.78, 5) is 10.9. The largest absolute Gasteiger partial charge is 0.453 e. The summed E-state index contributed by atoms with van der Waals surface area (Å²) in [5.74, 6) is -0.306. The SMILES string of the molecule is CC1OC(=O)C=C1NNc1ccccc1. The summed E-state index contributed by atoms with van der Waals surface area (Å²) in [7, 11) is 0.